The zero-order valence-electron chi connectivity index (χ0n) is 27.1. The Bertz CT molecular complexity index is 2480. The Morgan fingerprint density at radius 3 is 1.67 bits per heavy atom. The molecule has 1 unspecified atom stereocenters. The van der Waals surface area contributed by atoms with Gasteiger partial charge in [-0.2, -0.15) is 0 Å². The molecule has 1 aliphatic rings. The van der Waals surface area contributed by atoms with Crippen molar-refractivity contribution in [3.05, 3.63) is 198 Å². The summed E-state index contributed by atoms with van der Waals surface area (Å²) < 4.78 is 0. The van der Waals surface area contributed by atoms with Gasteiger partial charge in [-0.15, -0.1) is 11.8 Å². The summed E-state index contributed by atoms with van der Waals surface area (Å²) in [6, 6.07) is 62.2. The molecule has 49 heavy (non-hydrogen) atoms. The fourth-order valence-corrected chi connectivity index (χ4v) is 8.63. The second-order valence-electron chi connectivity index (χ2n) is 12.8. The quantitative estimate of drug-likeness (QED) is 0.128. The van der Waals surface area contributed by atoms with E-state index >= 15 is 0 Å². The third-order valence-corrected chi connectivity index (χ3v) is 11.2. The van der Waals surface area contributed by atoms with E-state index in [1.807, 2.05) is 11.8 Å². The van der Waals surface area contributed by atoms with Gasteiger partial charge in [-0.1, -0.05) is 170 Å². The van der Waals surface area contributed by atoms with Crippen LogP contribution in [-0.4, -0.2) is 0 Å². The van der Waals surface area contributed by atoms with E-state index in [9.17, 15) is 0 Å². The minimum Gasteiger partial charge on any atom is -0.117 e. The van der Waals surface area contributed by atoms with Crippen molar-refractivity contribution < 1.29 is 0 Å². The van der Waals surface area contributed by atoms with Crippen LogP contribution in [0.5, 0.6) is 0 Å². The highest BCUT2D eigenvalue weighted by Gasteiger charge is 2.22. The first-order valence-corrected chi connectivity index (χ1v) is 17.9. The van der Waals surface area contributed by atoms with Crippen LogP contribution in [0.25, 0.3) is 71.6 Å². The van der Waals surface area contributed by atoms with E-state index < -0.39 is 0 Å². The van der Waals surface area contributed by atoms with Gasteiger partial charge in [0.25, 0.3) is 0 Å². The van der Waals surface area contributed by atoms with E-state index in [-0.39, 0.29) is 0 Å². The van der Waals surface area contributed by atoms with Crippen LogP contribution in [0.1, 0.15) is 33.9 Å². The first kappa shape index (κ1) is 29.5. The van der Waals surface area contributed by atoms with Crippen molar-refractivity contribution in [1.29, 1.82) is 0 Å². The summed E-state index contributed by atoms with van der Waals surface area (Å²) in [7, 11) is 0. The van der Waals surface area contributed by atoms with Crippen LogP contribution in [-0.2, 0) is 0 Å². The molecule has 0 N–H and O–H groups in total. The van der Waals surface area contributed by atoms with E-state index in [1.165, 1.54) is 81.7 Å². The highest BCUT2D eigenvalue weighted by atomic mass is 32.2. The Balaban J connectivity index is 1.13. The van der Waals surface area contributed by atoms with Gasteiger partial charge in [-0.25, -0.2) is 0 Å². The average Bonchev–Trinajstić information content (AvgIpc) is 3.67. The molecule has 0 saturated heterocycles. The maximum atomic E-state index is 2.42. The zero-order valence-corrected chi connectivity index (χ0v) is 27.9. The molecule has 232 valence electrons. The molecule has 0 nitrogen and oxygen atoms in total. The first-order valence-electron chi connectivity index (χ1n) is 17.0. The number of rotatable bonds is 6. The summed E-state index contributed by atoms with van der Waals surface area (Å²) in [5.74, 6) is 0. The van der Waals surface area contributed by atoms with Crippen molar-refractivity contribution in [2.45, 2.75) is 11.7 Å². The van der Waals surface area contributed by atoms with Crippen molar-refractivity contribution in [2.75, 3.05) is 0 Å². The summed E-state index contributed by atoms with van der Waals surface area (Å²) in [5.41, 5.74) is 10.2. The van der Waals surface area contributed by atoms with Crippen molar-refractivity contribution in [3.8, 4) is 22.3 Å². The number of thioether (sulfide) groups is 1. The van der Waals surface area contributed by atoms with Crippen molar-refractivity contribution in [1.82, 2.24) is 0 Å². The molecule has 8 aromatic carbocycles. The van der Waals surface area contributed by atoms with Gasteiger partial charge in [-0.3, -0.25) is 0 Å². The van der Waals surface area contributed by atoms with Crippen LogP contribution in [0.4, 0.5) is 0 Å². The third kappa shape index (κ3) is 5.67. The summed E-state index contributed by atoms with van der Waals surface area (Å²) in [6.45, 7) is 0. The molecular weight excluding hydrogens is 609 g/mol. The van der Waals surface area contributed by atoms with Crippen molar-refractivity contribution >= 4 is 61.1 Å². The highest BCUT2D eigenvalue weighted by Crippen LogP contribution is 2.49. The van der Waals surface area contributed by atoms with E-state index in [1.54, 1.807) is 0 Å². The Kier molecular flexibility index (Phi) is 7.69. The predicted molar refractivity (Wildman–Crippen MR) is 215 cm³/mol. The fraction of sp³-hybridized carbons (Fsp3) is 0.0417. The maximum Gasteiger partial charge on any atom is 0.0379 e. The summed E-state index contributed by atoms with van der Waals surface area (Å²) >= 11 is 1.99. The van der Waals surface area contributed by atoms with Crippen LogP contribution < -0.4 is 0 Å². The van der Waals surface area contributed by atoms with Gasteiger partial charge >= 0.3 is 0 Å². The van der Waals surface area contributed by atoms with Crippen LogP contribution in [0, 0.1) is 0 Å². The van der Waals surface area contributed by atoms with Gasteiger partial charge in [-0.05, 0) is 101 Å². The SMILES string of the molecule is C1=C(c2cccc(-c3c4ccccc4c(-c4ccc5cc(/C=C/c6ccccc6)ccc5c4)c4ccccc34)c2)SC(c2ccccc2)C1. The largest absolute Gasteiger partial charge is 0.117 e. The monoisotopic (exact) mass is 642 g/mol. The molecule has 1 heterocycles. The maximum absolute atomic E-state index is 2.42. The van der Waals surface area contributed by atoms with Crippen LogP contribution >= 0.6 is 11.8 Å². The molecule has 9 rings (SSSR count). The molecule has 1 heteroatoms. The molecule has 0 radical (unpaired) electrons. The van der Waals surface area contributed by atoms with Gasteiger partial charge < -0.3 is 0 Å². The molecule has 1 atom stereocenters. The van der Waals surface area contributed by atoms with Gasteiger partial charge in [0.1, 0.15) is 0 Å². The van der Waals surface area contributed by atoms with Crippen LogP contribution in [0.15, 0.2) is 176 Å². The molecule has 0 saturated carbocycles. The number of allylic oxidation sites excluding steroid dienone is 1. The molecule has 0 bridgehead atoms. The summed E-state index contributed by atoms with van der Waals surface area (Å²) in [6.07, 6.45) is 7.85. The lowest BCUT2D eigenvalue weighted by molar-refractivity contribution is 0.991. The Hall–Kier alpha value is -5.63. The molecule has 1 aliphatic heterocycles. The van der Waals surface area contributed by atoms with E-state index in [2.05, 4.69) is 188 Å². The second-order valence-corrected chi connectivity index (χ2v) is 14.1. The Morgan fingerprint density at radius 1 is 0.429 bits per heavy atom. The molecule has 8 aromatic rings. The van der Waals surface area contributed by atoms with Gasteiger partial charge in [0, 0.05) is 10.2 Å². The fourth-order valence-electron chi connectivity index (χ4n) is 7.38. The average molecular weight is 643 g/mol. The standard InChI is InChI=1S/C48H34S/c1-3-12-33(13-4-1)22-23-34-24-25-37-31-40(27-26-36(37)30-34)48-43-20-9-7-18-41(43)47(42-19-8-10-21-44(42)48)39-17-11-16-38(32-39)46-29-28-45(49-46)35-14-5-2-6-15-35/h1-27,29-32,45H,28H2/b23-22+. The molecule has 0 amide bonds. The second kappa shape index (κ2) is 12.8. The first-order chi connectivity index (χ1) is 24.3. The number of benzene rings is 8. The molecule has 0 fully saturated rings. The van der Waals surface area contributed by atoms with Crippen LogP contribution in [0.3, 0.4) is 0 Å². The zero-order chi connectivity index (χ0) is 32.6. The topological polar surface area (TPSA) is 0 Å². The molecule has 0 spiro atoms. The van der Waals surface area contributed by atoms with Crippen molar-refractivity contribution in [3.63, 3.8) is 0 Å². The third-order valence-electron chi connectivity index (χ3n) is 9.75. The smallest absolute Gasteiger partial charge is 0.0379 e. The molecular formula is C48H34S. The van der Waals surface area contributed by atoms with Gasteiger partial charge in [0.05, 0.1) is 0 Å². The van der Waals surface area contributed by atoms with E-state index in [0.717, 1.165) is 6.42 Å². The number of hydrogen-bond donors (Lipinski definition) is 0. The lowest BCUT2D eigenvalue weighted by atomic mass is 9.85. The van der Waals surface area contributed by atoms with Crippen molar-refractivity contribution in [2.24, 2.45) is 0 Å². The minimum absolute atomic E-state index is 0.472. The lowest BCUT2D eigenvalue weighted by Crippen LogP contribution is -1.92. The predicted octanol–water partition coefficient (Wildman–Crippen LogP) is 13.9. The van der Waals surface area contributed by atoms with Gasteiger partial charge in [0.2, 0.25) is 0 Å². The Morgan fingerprint density at radius 2 is 0.980 bits per heavy atom. The molecule has 0 aromatic heterocycles. The normalized spacial score (nSPS) is 14.6. The molecule has 0 aliphatic carbocycles. The summed E-state index contributed by atoms with van der Waals surface area (Å²) in [4.78, 5) is 1.37. The Labute approximate surface area is 292 Å². The summed E-state index contributed by atoms with van der Waals surface area (Å²) in [5, 5.41) is 8.09. The highest BCUT2D eigenvalue weighted by molar-refractivity contribution is 8.08. The number of fused-ring (bicyclic) bond motifs is 3. The minimum atomic E-state index is 0.472. The van der Waals surface area contributed by atoms with Crippen LogP contribution in [0.2, 0.25) is 0 Å². The van der Waals surface area contributed by atoms with Gasteiger partial charge in [0.15, 0.2) is 0 Å². The lowest BCUT2D eigenvalue weighted by Gasteiger charge is -2.18. The number of hydrogen-bond acceptors (Lipinski definition) is 1. The van der Waals surface area contributed by atoms with E-state index in [0.29, 0.717) is 5.25 Å². The van der Waals surface area contributed by atoms with E-state index in [4.69, 9.17) is 0 Å².